The van der Waals surface area contributed by atoms with Crippen LogP contribution in [0, 0.1) is 11.6 Å². The molecule has 0 aliphatic rings. The molecule has 0 aromatic heterocycles. The maximum absolute atomic E-state index is 13.4. The Hall–Kier alpha value is -2.14. The molecule has 6 heteroatoms. The largest absolute Gasteiger partial charge is 0.488 e. The van der Waals surface area contributed by atoms with Crippen LogP contribution < -0.4 is 4.74 Å². The van der Waals surface area contributed by atoms with Gasteiger partial charge < -0.3 is 9.84 Å². The third-order valence-corrected chi connectivity index (χ3v) is 2.80. The lowest BCUT2D eigenvalue weighted by Crippen LogP contribution is -2.04. The number of halogens is 3. The summed E-state index contributed by atoms with van der Waals surface area (Å²) in [5.74, 6) is -2.41. The third kappa shape index (κ3) is 3.24. The van der Waals surface area contributed by atoms with Crippen LogP contribution in [0.2, 0.25) is 5.02 Å². The van der Waals surface area contributed by atoms with Crippen molar-refractivity contribution in [3.63, 3.8) is 0 Å². The molecule has 2 aromatic rings. The van der Waals surface area contributed by atoms with Gasteiger partial charge in [-0.1, -0.05) is 11.6 Å². The standard InChI is InChI=1S/C14H9ClF2O3/c15-9-1-4-13(11(6-9)14(18)19)20-7-8-5-10(16)2-3-12(8)17/h1-6H,7H2,(H,18,19). The molecule has 0 atom stereocenters. The van der Waals surface area contributed by atoms with Crippen molar-refractivity contribution in [1.29, 1.82) is 0 Å². The number of aromatic carboxylic acids is 1. The van der Waals surface area contributed by atoms with E-state index in [-0.39, 0.29) is 28.5 Å². The summed E-state index contributed by atoms with van der Waals surface area (Å²) < 4.78 is 31.6. The molecule has 0 saturated carbocycles. The average Bonchev–Trinajstić information content (AvgIpc) is 2.40. The number of carboxylic acids is 1. The quantitative estimate of drug-likeness (QED) is 0.931. The Kier molecular flexibility index (Phi) is 4.20. The molecule has 0 radical (unpaired) electrons. The molecule has 3 nitrogen and oxygen atoms in total. The fraction of sp³-hybridized carbons (Fsp3) is 0.0714. The highest BCUT2D eigenvalue weighted by Crippen LogP contribution is 2.24. The molecule has 1 N–H and O–H groups in total. The van der Waals surface area contributed by atoms with Gasteiger partial charge in [-0.3, -0.25) is 0 Å². The van der Waals surface area contributed by atoms with Gasteiger partial charge in [0.25, 0.3) is 0 Å². The van der Waals surface area contributed by atoms with Crippen LogP contribution in [0.3, 0.4) is 0 Å². The van der Waals surface area contributed by atoms with E-state index < -0.39 is 17.6 Å². The van der Waals surface area contributed by atoms with Gasteiger partial charge in [0.2, 0.25) is 0 Å². The first kappa shape index (κ1) is 14.3. The molecule has 2 aromatic carbocycles. The Morgan fingerprint density at radius 3 is 2.65 bits per heavy atom. The van der Waals surface area contributed by atoms with Crippen LogP contribution in [0.15, 0.2) is 36.4 Å². The van der Waals surface area contributed by atoms with Crippen molar-refractivity contribution in [2.45, 2.75) is 6.61 Å². The van der Waals surface area contributed by atoms with Crippen molar-refractivity contribution in [2.75, 3.05) is 0 Å². The van der Waals surface area contributed by atoms with Crippen molar-refractivity contribution in [2.24, 2.45) is 0 Å². The second kappa shape index (κ2) is 5.88. The highest BCUT2D eigenvalue weighted by molar-refractivity contribution is 6.31. The lowest BCUT2D eigenvalue weighted by atomic mass is 10.2. The smallest absolute Gasteiger partial charge is 0.339 e. The molecule has 0 spiro atoms. The summed E-state index contributed by atoms with van der Waals surface area (Å²) in [5, 5.41) is 9.26. The van der Waals surface area contributed by atoms with Crippen molar-refractivity contribution in [1.82, 2.24) is 0 Å². The van der Waals surface area contributed by atoms with E-state index in [1.807, 2.05) is 0 Å². The lowest BCUT2D eigenvalue weighted by molar-refractivity contribution is 0.0691. The summed E-state index contributed by atoms with van der Waals surface area (Å²) in [4.78, 5) is 11.0. The Morgan fingerprint density at radius 2 is 1.95 bits per heavy atom. The van der Waals surface area contributed by atoms with Gasteiger partial charge in [0.05, 0.1) is 0 Å². The Labute approximate surface area is 118 Å². The van der Waals surface area contributed by atoms with E-state index >= 15 is 0 Å². The van der Waals surface area contributed by atoms with E-state index in [1.54, 1.807) is 0 Å². The van der Waals surface area contributed by atoms with Gasteiger partial charge in [-0.05, 0) is 36.4 Å². The van der Waals surface area contributed by atoms with E-state index in [4.69, 9.17) is 21.4 Å². The van der Waals surface area contributed by atoms with Crippen LogP contribution in [-0.2, 0) is 6.61 Å². The summed E-state index contributed by atoms with van der Waals surface area (Å²) in [7, 11) is 0. The highest BCUT2D eigenvalue weighted by atomic mass is 35.5. The first-order valence-electron chi connectivity index (χ1n) is 5.57. The number of carbonyl (C=O) groups is 1. The number of hydrogen-bond acceptors (Lipinski definition) is 2. The zero-order valence-electron chi connectivity index (χ0n) is 10.1. The van der Waals surface area contributed by atoms with Crippen molar-refractivity contribution >= 4 is 17.6 Å². The first-order chi connectivity index (χ1) is 9.47. The highest BCUT2D eigenvalue weighted by Gasteiger charge is 2.13. The van der Waals surface area contributed by atoms with Gasteiger partial charge in [0.1, 0.15) is 29.6 Å². The average molecular weight is 299 g/mol. The van der Waals surface area contributed by atoms with Gasteiger partial charge in [-0.15, -0.1) is 0 Å². The summed E-state index contributed by atoms with van der Waals surface area (Å²) in [6, 6.07) is 7.00. The maximum atomic E-state index is 13.4. The van der Waals surface area contributed by atoms with Crippen LogP contribution >= 0.6 is 11.6 Å². The van der Waals surface area contributed by atoms with Crippen LogP contribution in [-0.4, -0.2) is 11.1 Å². The number of ether oxygens (including phenoxy) is 1. The minimum Gasteiger partial charge on any atom is -0.488 e. The summed E-state index contributed by atoms with van der Waals surface area (Å²) in [6.07, 6.45) is 0. The minimum atomic E-state index is -1.22. The number of carboxylic acid groups (broad SMARTS) is 1. The number of rotatable bonds is 4. The van der Waals surface area contributed by atoms with E-state index in [2.05, 4.69) is 0 Å². The molecule has 0 saturated heterocycles. The fourth-order valence-electron chi connectivity index (χ4n) is 1.60. The second-order valence-electron chi connectivity index (χ2n) is 3.97. The number of benzene rings is 2. The SMILES string of the molecule is O=C(O)c1cc(Cl)ccc1OCc1cc(F)ccc1F. The molecule has 0 heterocycles. The lowest BCUT2D eigenvalue weighted by Gasteiger charge is -2.10. The molecule has 2 rings (SSSR count). The molecule has 0 unspecified atom stereocenters. The van der Waals surface area contributed by atoms with Crippen LogP contribution in [0.1, 0.15) is 15.9 Å². The van der Waals surface area contributed by atoms with Gasteiger partial charge in [0.15, 0.2) is 0 Å². The van der Waals surface area contributed by atoms with Crippen LogP contribution in [0.25, 0.3) is 0 Å². The summed E-state index contributed by atoms with van der Waals surface area (Å²) in [5.41, 5.74) is -0.148. The maximum Gasteiger partial charge on any atom is 0.339 e. The van der Waals surface area contributed by atoms with Crippen molar-refractivity contribution < 1.29 is 23.4 Å². The topological polar surface area (TPSA) is 46.5 Å². The van der Waals surface area contributed by atoms with Crippen LogP contribution in [0.4, 0.5) is 8.78 Å². The zero-order valence-corrected chi connectivity index (χ0v) is 10.8. The van der Waals surface area contributed by atoms with Crippen molar-refractivity contribution in [3.05, 3.63) is 64.2 Å². The van der Waals surface area contributed by atoms with E-state index in [1.165, 1.54) is 18.2 Å². The first-order valence-corrected chi connectivity index (χ1v) is 5.95. The van der Waals surface area contributed by atoms with E-state index in [9.17, 15) is 13.6 Å². The van der Waals surface area contributed by atoms with Gasteiger partial charge in [-0.25, -0.2) is 13.6 Å². The molecule has 0 fully saturated rings. The Morgan fingerprint density at radius 1 is 1.20 bits per heavy atom. The number of hydrogen-bond donors (Lipinski definition) is 1. The third-order valence-electron chi connectivity index (χ3n) is 2.56. The predicted molar refractivity (Wildman–Crippen MR) is 69.1 cm³/mol. The predicted octanol–water partition coefficient (Wildman–Crippen LogP) is 3.90. The van der Waals surface area contributed by atoms with E-state index in [0.717, 1.165) is 18.2 Å². The van der Waals surface area contributed by atoms with Crippen molar-refractivity contribution in [3.8, 4) is 5.75 Å². The molecule has 20 heavy (non-hydrogen) atoms. The molecule has 104 valence electrons. The summed E-state index contributed by atoms with van der Waals surface area (Å²) in [6.45, 7) is -0.286. The van der Waals surface area contributed by atoms with Crippen LogP contribution in [0.5, 0.6) is 5.75 Å². The van der Waals surface area contributed by atoms with Gasteiger partial charge in [0, 0.05) is 10.6 Å². The molecular weight excluding hydrogens is 290 g/mol. The Balaban J connectivity index is 2.23. The van der Waals surface area contributed by atoms with E-state index in [0.29, 0.717) is 0 Å². The molecular formula is C14H9ClF2O3. The van der Waals surface area contributed by atoms with Gasteiger partial charge in [-0.2, -0.15) is 0 Å². The van der Waals surface area contributed by atoms with Gasteiger partial charge >= 0.3 is 5.97 Å². The molecule has 0 amide bonds. The fourth-order valence-corrected chi connectivity index (χ4v) is 1.78. The second-order valence-corrected chi connectivity index (χ2v) is 4.41. The zero-order chi connectivity index (χ0) is 14.7. The minimum absolute atomic E-state index is 0.00344. The normalized spacial score (nSPS) is 10.3. The monoisotopic (exact) mass is 298 g/mol. The molecule has 0 aliphatic heterocycles. The Bertz CT molecular complexity index is 659. The summed E-state index contributed by atoms with van der Waals surface area (Å²) >= 11 is 5.70. The molecule has 0 aliphatic carbocycles. The molecule has 0 bridgehead atoms.